The molecule has 1 aliphatic heterocycles. The van der Waals surface area contributed by atoms with Gasteiger partial charge in [-0.25, -0.2) is 4.79 Å². The highest BCUT2D eigenvalue weighted by Gasteiger charge is 2.15. The van der Waals surface area contributed by atoms with E-state index in [1.807, 2.05) is 19.1 Å². The molecule has 0 saturated heterocycles. The molecular formula is C13H13ClN2O2S. The van der Waals surface area contributed by atoms with Gasteiger partial charge in [0.05, 0.1) is 10.7 Å². The molecule has 1 aromatic rings. The van der Waals surface area contributed by atoms with E-state index in [2.05, 4.69) is 10.6 Å². The molecule has 2 rings (SSSR count). The van der Waals surface area contributed by atoms with Crippen LogP contribution in [0.3, 0.4) is 0 Å². The van der Waals surface area contributed by atoms with Gasteiger partial charge in [0.15, 0.2) is 0 Å². The Morgan fingerprint density at radius 1 is 1.42 bits per heavy atom. The number of aryl methyl sites for hydroxylation is 1. The summed E-state index contributed by atoms with van der Waals surface area (Å²) in [5.74, 6) is 0.495. The zero-order chi connectivity index (χ0) is 13.8. The first kappa shape index (κ1) is 14.0. The molecular weight excluding hydrogens is 284 g/mol. The quantitative estimate of drug-likeness (QED) is 0.900. The summed E-state index contributed by atoms with van der Waals surface area (Å²) < 4.78 is 0. The second-order valence-corrected chi connectivity index (χ2v) is 5.41. The van der Waals surface area contributed by atoms with Crippen molar-refractivity contribution in [3.63, 3.8) is 0 Å². The Hall–Kier alpha value is -1.46. The zero-order valence-electron chi connectivity index (χ0n) is 10.3. The number of amides is 2. The number of halogens is 1. The molecule has 4 nitrogen and oxygen atoms in total. The topological polar surface area (TPSA) is 58.2 Å². The van der Waals surface area contributed by atoms with Crippen molar-refractivity contribution in [1.82, 2.24) is 5.32 Å². The van der Waals surface area contributed by atoms with E-state index < -0.39 is 6.03 Å². The summed E-state index contributed by atoms with van der Waals surface area (Å²) in [6, 6.07) is 5.11. The van der Waals surface area contributed by atoms with Gasteiger partial charge in [-0.15, -0.1) is 0 Å². The van der Waals surface area contributed by atoms with E-state index in [1.165, 1.54) is 6.08 Å². The van der Waals surface area contributed by atoms with Crippen LogP contribution in [0, 0.1) is 0 Å². The number of hydrogen-bond acceptors (Lipinski definition) is 3. The lowest BCUT2D eigenvalue weighted by Gasteiger charge is -2.10. The minimum Gasteiger partial charge on any atom is -0.310 e. The molecule has 1 aliphatic rings. The van der Waals surface area contributed by atoms with Crippen molar-refractivity contribution in [1.29, 1.82) is 0 Å². The Bertz CT molecular complexity index is 558. The molecule has 1 aromatic carbocycles. The molecule has 19 heavy (non-hydrogen) atoms. The molecule has 100 valence electrons. The summed E-state index contributed by atoms with van der Waals surface area (Å²) in [6.45, 7) is 2.03. The van der Waals surface area contributed by atoms with Gasteiger partial charge in [-0.05, 0) is 24.1 Å². The fraction of sp³-hybridized carbons (Fsp3) is 0.231. The first-order chi connectivity index (χ1) is 9.08. The van der Waals surface area contributed by atoms with Crippen LogP contribution in [0.2, 0.25) is 5.02 Å². The van der Waals surface area contributed by atoms with E-state index >= 15 is 0 Å². The van der Waals surface area contributed by atoms with Crippen LogP contribution in [0.5, 0.6) is 0 Å². The van der Waals surface area contributed by atoms with Crippen molar-refractivity contribution < 1.29 is 9.59 Å². The van der Waals surface area contributed by atoms with Gasteiger partial charge in [0, 0.05) is 17.5 Å². The fourth-order valence-corrected chi connectivity index (χ4v) is 2.56. The number of thioether (sulfide) groups is 1. The van der Waals surface area contributed by atoms with Gasteiger partial charge in [0.25, 0.3) is 0 Å². The third-order valence-electron chi connectivity index (χ3n) is 2.63. The normalized spacial score (nSPS) is 14.2. The highest BCUT2D eigenvalue weighted by molar-refractivity contribution is 8.14. The van der Waals surface area contributed by atoms with Gasteiger partial charge in [0.1, 0.15) is 0 Å². The van der Waals surface area contributed by atoms with Gasteiger partial charge in [-0.3, -0.25) is 4.79 Å². The van der Waals surface area contributed by atoms with Gasteiger partial charge in [-0.2, -0.15) is 0 Å². The van der Waals surface area contributed by atoms with Gasteiger partial charge in [-0.1, -0.05) is 36.4 Å². The van der Waals surface area contributed by atoms with Gasteiger partial charge >= 0.3 is 6.03 Å². The van der Waals surface area contributed by atoms with E-state index in [4.69, 9.17) is 11.6 Å². The molecule has 6 heteroatoms. The first-order valence-corrected chi connectivity index (χ1v) is 7.18. The number of hydrogen-bond donors (Lipinski definition) is 2. The third kappa shape index (κ3) is 3.75. The van der Waals surface area contributed by atoms with Crippen LogP contribution < -0.4 is 10.6 Å². The van der Waals surface area contributed by atoms with E-state index in [1.54, 1.807) is 6.07 Å². The molecule has 0 spiro atoms. The minimum absolute atomic E-state index is 0.0411. The monoisotopic (exact) mass is 296 g/mol. The van der Waals surface area contributed by atoms with E-state index in [0.29, 0.717) is 22.2 Å². The number of carbonyl (C=O) groups excluding carboxylic acids is 2. The number of carbonyl (C=O) groups is 2. The standard InChI is InChI=1S/C13H13ClN2O2S/c1-2-8-3-4-11(10(14)5-8)16-13(18)15-9-6-12(17)19-7-9/h3-6H,2,7H2,1H3,(H2,15,16,18). The summed E-state index contributed by atoms with van der Waals surface area (Å²) in [5.41, 5.74) is 2.26. The largest absolute Gasteiger partial charge is 0.323 e. The summed E-state index contributed by atoms with van der Waals surface area (Å²) in [4.78, 5) is 22.8. The lowest BCUT2D eigenvalue weighted by atomic mass is 10.1. The summed E-state index contributed by atoms with van der Waals surface area (Å²) in [5, 5.41) is 5.74. The molecule has 2 N–H and O–H groups in total. The van der Waals surface area contributed by atoms with E-state index in [0.717, 1.165) is 23.7 Å². The minimum atomic E-state index is -0.396. The third-order valence-corrected chi connectivity index (χ3v) is 3.80. The van der Waals surface area contributed by atoms with Crippen LogP contribution in [0.1, 0.15) is 12.5 Å². The van der Waals surface area contributed by atoms with E-state index in [-0.39, 0.29) is 5.12 Å². The maximum Gasteiger partial charge on any atom is 0.323 e. The number of benzene rings is 1. The molecule has 0 bridgehead atoms. The molecule has 2 amide bonds. The highest BCUT2D eigenvalue weighted by atomic mass is 35.5. The Morgan fingerprint density at radius 2 is 2.21 bits per heavy atom. The maximum absolute atomic E-state index is 11.7. The molecule has 0 fully saturated rings. The van der Waals surface area contributed by atoms with Crippen LogP contribution in [0.25, 0.3) is 0 Å². The molecule has 0 saturated carbocycles. The fourth-order valence-electron chi connectivity index (χ4n) is 1.63. The van der Waals surface area contributed by atoms with Crippen LogP contribution in [-0.4, -0.2) is 16.9 Å². The number of rotatable bonds is 3. The highest BCUT2D eigenvalue weighted by Crippen LogP contribution is 2.23. The van der Waals surface area contributed by atoms with Crippen LogP contribution in [-0.2, 0) is 11.2 Å². The van der Waals surface area contributed by atoms with Crippen molar-refractivity contribution >= 4 is 40.2 Å². The average molecular weight is 297 g/mol. The molecule has 0 atom stereocenters. The lowest BCUT2D eigenvalue weighted by Crippen LogP contribution is -2.28. The maximum atomic E-state index is 11.7. The van der Waals surface area contributed by atoms with E-state index in [9.17, 15) is 9.59 Å². The lowest BCUT2D eigenvalue weighted by molar-refractivity contribution is -0.106. The predicted octanol–water partition coefficient (Wildman–Crippen LogP) is 3.18. The Labute approximate surface area is 120 Å². The smallest absolute Gasteiger partial charge is 0.310 e. The molecule has 1 heterocycles. The van der Waals surface area contributed by atoms with Gasteiger partial charge in [0.2, 0.25) is 5.12 Å². The number of anilines is 1. The second kappa shape index (κ2) is 6.12. The number of nitrogens with one attached hydrogen (secondary N) is 2. The Morgan fingerprint density at radius 3 is 2.79 bits per heavy atom. The van der Waals surface area contributed by atoms with Crippen molar-refractivity contribution in [2.75, 3.05) is 11.1 Å². The zero-order valence-corrected chi connectivity index (χ0v) is 11.9. The number of urea groups is 1. The summed E-state index contributed by atoms with van der Waals surface area (Å²) in [6.07, 6.45) is 2.31. The summed E-state index contributed by atoms with van der Waals surface area (Å²) in [7, 11) is 0. The summed E-state index contributed by atoms with van der Waals surface area (Å²) >= 11 is 7.24. The van der Waals surface area contributed by atoms with Gasteiger partial charge < -0.3 is 10.6 Å². The first-order valence-electron chi connectivity index (χ1n) is 5.82. The predicted molar refractivity (Wildman–Crippen MR) is 78.5 cm³/mol. The SMILES string of the molecule is CCc1ccc(NC(=O)NC2=CC(=O)SC2)c(Cl)c1. The van der Waals surface area contributed by atoms with Crippen LogP contribution in [0.4, 0.5) is 10.5 Å². The van der Waals surface area contributed by atoms with Crippen LogP contribution in [0.15, 0.2) is 30.0 Å². The molecule has 0 aromatic heterocycles. The van der Waals surface area contributed by atoms with Crippen LogP contribution >= 0.6 is 23.4 Å². The van der Waals surface area contributed by atoms with Crippen molar-refractivity contribution in [3.8, 4) is 0 Å². The second-order valence-electron chi connectivity index (χ2n) is 4.02. The van der Waals surface area contributed by atoms with Crippen molar-refractivity contribution in [2.24, 2.45) is 0 Å². The molecule has 0 radical (unpaired) electrons. The van der Waals surface area contributed by atoms with Crippen molar-refractivity contribution in [2.45, 2.75) is 13.3 Å². The Balaban J connectivity index is 1.99. The average Bonchev–Trinajstić information content (AvgIpc) is 2.77. The molecule has 0 aliphatic carbocycles. The van der Waals surface area contributed by atoms with Crippen molar-refractivity contribution in [3.05, 3.63) is 40.6 Å². The Kier molecular flexibility index (Phi) is 4.50. The molecule has 0 unspecified atom stereocenters.